The number of aliphatic hydroxyl groups excluding tert-OH is 4. The van der Waals surface area contributed by atoms with Gasteiger partial charge in [-0.2, -0.15) is 0 Å². The molecule has 0 unspecified atom stereocenters. The van der Waals surface area contributed by atoms with Gasteiger partial charge >= 0.3 is 31.2 Å². The molecule has 3 rings (SSSR count). The number of esters is 4. The molecule has 0 radical (unpaired) electrons. The summed E-state index contributed by atoms with van der Waals surface area (Å²) in [5.41, 5.74) is 1.62. The number of carbonyl (C=O) groups is 4. The summed E-state index contributed by atoms with van der Waals surface area (Å²) in [5.74, 6) is -4.54. The highest BCUT2D eigenvalue weighted by Gasteiger charge is 2.41. The SMILES string of the molecule is COC(=O)C(=CCS(CCO)(CCO)OB(OCCCC(c1ccccc1)(c1ccccc1)c1ccccc1)OS(CC=C(C(=O)OC)C(=O)OC)(CCO)CCO)C(=O)OC. The molecule has 0 amide bonds. The lowest BCUT2D eigenvalue weighted by Gasteiger charge is -2.44. The first-order valence-electron chi connectivity index (χ1n) is 19.8. The third kappa shape index (κ3) is 14.3. The van der Waals surface area contributed by atoms with Crippen molar-refractivity contribution < 1.29 is 71.4 Å². The van der Waals surface area contributed by atoms with Gasteiger partial charge in [0.15, 0.2) is 0 Å². The van der Waals surface area contributed by atoms with Crippen molar-refractivity contribution in [2.75, 3.05) is 96.0 Å². The Bertz CT molecular complexity index is 1680. The number of hydrogen-bond acceptors (Lipinski definition) is 15. The van der Waals surface area contributed by atoms with Gasteiger partial charge in [0.05, 0.1) is 54.9 Å². The summed E-state index contributed by atoms with van der Waals surface area (Å²) in [6.45, 7) is -1.75. The number of methoxy groups -OCH3 is 4. The zero-order valence-corrected chi connectivity index (χ0v) is 37.3. The summed E-state index contributed by atoms with van der Waals surface area (Å²) in [7, 11) is -2.73. The molecule has 0 spiro atoms. The fourth-order valence-electron chi connectivity index (χ4n) is 6.91. The van der Waals surface area contributed by atoms with Gasteiger partial charge in [0.25, 0.3) is 0 Å². The van der Waals surface area contributed by atoms with Crippen LogP contribution >= 0.6 is 20.6 Å². The highest BCUT2D eigenvalue weighted by molar-refractivity contribution is 8.31. The number of hydrogen-bond donors (Lipinski definition) is 4. The smallest absolute Gasteiger partial charge is 0.465 e. The fraction of sp³-hybridized carbons (Fsp3) is 0.409. The quantitative estimate of drug-likeness (QED) is 0.0119. The summed E-state index contributed by atoms with van der Waals surface area (Å²) in [5, 5.41) is 41.4. The maximum Gasteiger partial charge on any atom is 0.660 e. The molecule has 0 saturated heterocycles. The second kappa shape index (κ2) is 26.9. The second-order valence-electron chi connectivity index (χ2n) is 13.6. The monoisotopic (exact) mass is 902 g/mol. The minimum Gasteiger partial charge on any atom is -0.465 e. The van der Waals surface area contributed by atoms with Crippen molar-refractivity contribution in [3.8, 4) is 0 Å². The van der Waals surface area contributed by atoms with Crippen molar-refractivity contribution in [3.63, 3.8) is 0 Å². The van der Waals surface area contributed by atoms with Crippen molar-refractivity contribution in [3.05, 3.63) is 131 Å². The molecule has 3 aromatic carbocycles. The van der Waals surface area contributed by atoms with Crippen LogP contribution in [0.15, 0.2) is 114 Å². The highest BCUT2D eigenvalue weighted by Crippen LogP contribution is 2.54. The number of carbonyl (C=O) groups excluding carboxylic acids is 4. The Morgan fingerprint density at radius 1 is 0.532 bits per heavy atom. The Morgan fingerprint density at radius 2 is 0.839 bits per heavy atom. The van der Waals surface area contributed by atoms with Crippen LogP contribution in [0.3, 0.4) is 0 Å². The van der Waals surface area contributed by atoms with Crippen LogP contribution in [-0.4, -0.2) is 148 Å². The van der Waals surface area contributed by atoms with Crippen molar-refractivity contribution >= 4 is 51.8 Å². The van der Waals surface area contributed by atoms with E-state index in [-0.39, 0.29) is 41.1 Å². The molecule has 0 aromatic heterocycles. The number of rotatable bonds is 28. The molecule has 0 heterocycles. The average Bonchev–Trinajstić information content (AvgIpc) is 3.29. The number of ether oxygens (including phenoxy) is 4. The van der Waals surface area contributed by atoms with E-state index in [0.717, 1.165) is 45.1 Å². The van der Waals surface area contributed by atoms with Crippen LogP contribution < -0.4 is 0 Å². The predicted octanol–water partition coefficient (Wildman–Crippen LogP) is 3.79. The number of aliphatic hydroxyl groups is 4. The van der Waals surface area contributed by atoms with Crippen LogP contribution in [-0.2, 0) is 56.4 Å². The molecule has 0 fully saturated rings. The fourth-order valence-corrected chi connectivity index (χ4v) is 11.7. The summed E-state index contributed by atoms with van der Waals surface area (Å²) < 4.78 is 39.1. The molecule has 62 heavy (non-hydrogen) atoms. The number of benzene rings is 3. The molecule has 340 valence electrons. The lowest BCUT2D eigenvalue weighted by Crippen LogP contribution is -2.37. The van der Waals surface area contributed by atoms with Gasteiger partial charge in [0.1, 0.15) is 11.1 Å². The van der Waals surface area contributed by atoms with Crippen LogP contribution in [0.4, 0.5) is 0 Å². The van der Waals surface area contributed by atoms with E-state index in [1.54, 1.807) is 0 Å². The molecule has 18 heteroatoms. The van der Waals surface area contributed by atoms with Crippen LogP contribution in [0.1, 0.15) is 29.5 Å². The van der Waals surface area contributed by atoms with Gasteiger partial charge in [0, 0.05) is 46.5 Å². The summed E-state index contributed by atoms with van der Waals surface area (Å²) >= 11 is 0. The first kappa shape index (κ1) is 51.9. The first-order chi connectivity index (χ1) is 30.0. The first-order valence-corrected chi connectivity index (χ1v) is 24.0. The van der Waals surface area contributed by atoms with Crippen LogP contribution in [0.25, 0.3) is 0 Å². The Balaban J connectivity index is 2.18. The van der Waals surface area contributed by atoms with Crippen LogP contribution in [0, 0.1) is 0 Å². The maximum absolute atomic E-state index is 12.6. The maximum atomic E-state index is 12.6. The molecule has 0 saturated carbocycles. The molecule has 0 bridgehead atoms. The van der Waals surface area contributed by atoms with E-state index in [0.29, 0.717) is 12.8 Å². The van der Waals surface area contributed by atoms with Crippen LogP contribution in [0.2, 0.25) is 0 Å². The standard InChI is InChI=1S/C44H59BO15S2/c1-54-40(50)38(41(51)55-2)21-29-61(31-24-46,32-25-47)59-45(60-62(33-26-48,34-27-49)30-22-39(42(52)56-3)43(53)57-4)58-28-14-23-44(35-15-8-5-9-16-35,36-17-10-6-11-18-36)37-19-12-7-13-20-37/h5-13,15-22,46-49H,14,23-34H2,1-4H3. The van der Waals surface area contributed by atoms with E-state index in [1.807, 2.05) is 54.6 Å². The molecular formula is C44H59BO15S2. The molecule has 3 aromatic rings. The van der Waals surface area contributed by atoms with E-state index in [1.165, 1.54) is 12.2 Å². The van der Waals surface area contributed by atoms with Crippen molar-refractivity contribution in [1.29, 1.82) is 0 Å². The topological polar surface area (TPSA) is 214 Å². The van der Waals surface area contributed by atoms with E-state index in [2.05, 4.69) is 36.4 Å². The zero-order valence-electron chi connectivity index (χ0n) is 35.7. The summed E-state index contributed by atoms with van der Waals surface area (Å²) in [6, 6.07) is 30.2. The van der Waals surface area contributed by atoms with E-state index >= 15 is 0 Å². The molecule has 0 atom stereocenters. The van der Waals surface area contributed by atoms with Gasteiger partial charge in [-0.3, -0.25) is 0 Å². The Labute approximate surface area is 367 Å². The van der Waals surface area contributed by atoms with Crippen molar-refractivity contribution in [2.45, 2.75) is 18.3 Å². The largest absolute Gasteiger partial charge is 0.660 e. The van der Waals surface area contributed by atoms with Gasteiger partial charge in [-0.15, -0.1) is 20.6 Å². The van der Waals surface area contributed by atoms with Gasteiger partial charge < -0.3 is 52.2 Å². The lowest BCUT2D eigenvalue weighted by atomic mass is 9.67. The normalized spacial score (nSPS) is 12.1. The van der Waals surface area contributed by atoms with Gasteiger partial charge in [0.2, 0.25) is 0 Å². The highest BCUT2D eigenvalue weighted by atomic mass is 32.3. The molecular weight excluding hydrogens is 843 g/mol. The zero-order chi connectivity index (χ0) is 45.4. The van der Waals surface area contributed by atoms with Gasteiger partial charge in [-0.05, 0) is 29.5 Å². The second-order valence-corrected chi connectivity index (χ2v) is 20.2. The Kier molecular flexibility index (Phi) is 22.5. The van der Waals surface area contributed by atoms with Crippen LogP contribution in [0.5, 0.6) is 0 Å². The molecule has 0 aliphatic rings. The Morgan fingerprint density at radius 3 is 1.11 bits per heavy atom. The lowest BCUT2D eigenvalue weighted by molar-refractivity contribution is -0.145. The molecule has 15 nitrogen and oxygen atoms in total. The van der Waals surface area contributed by atoms with Gasteiger partial charge in [-0.25, -0.2) is 19.2 Å². The predicted molar refractivity (Wildman–Crippen MR) is 239 cm³/mol. The molecule has 4 N–H and O–H groups in total. The van der Waals surface area contributed by atoms with Gasteiger partial charge in [-0.1, -0.05) is 103 Å². The molecule has 0 aliphatic carbocycles. The van der Waals surface area contributed by atoms with Crippen molar-refractivity contribution in [1.82, 2.24) is 0 Å². The van der Waals surface area contributed by atoms with E-state index in [4.69, 9.17) is 31.8 Å². The minimum absolute atomic E-state index is 0.0112. The summed E-state index contributed by atoms with van der Waals surface area (Å²) in [4.78, 5) is 50.6. The van der Waals surface area contributed by atoms with E-state index in [9.17, 15) is 39.6 Å². The van der Waals surface area contributed by atoms with Crippen molar-refractivity contribution in [2.24, 2.45) is 0 Å². The molecule has 0 aliphatic heterocycles. The Hall–Kier alpha value is -4.50. The van der Waals surface area contributed by atoms with E-state index < -0.39 is 94.8 Å². The minimum atomic E-state index is -2.75. The summed E-state index contributed by atoms with van der Waals surface area (Å²) in [6.07, 6.45) is 3.46. The third-order valence-electron chi connectivity index (χ3n) is 9.97. The third-order valence-corrected chi connectivity index (χ3v) is 16.4. The average molecular weight is 903 g/mol.